The monoisotopic (exact) mass is 406 g/mol. The summed E-state index contributed by atoms with van der Waals surface area (Å²) in [6, 6.07) is 16.3. The van der Waals surface area contributed by atoms with Gasteiger partial charge in [0.05, 0.1) is 11.5 Å². The lowest BCUT2D eigenvalue weighted by molar-refractivity contribution is -0.125. The Labute approximate surface area is 175 Å². The summed E-state index contributed by atoms with van der Waals surface area (Å²) >= 11 is 0. The van der Waals surface area contributed by atoms with Gasteiger partial charge in [-0.15, -0.1) is 0 Å². The average molecular weight is 406 g/mol. The number of likely N-dealkylation sites (tertiary alicyclic amines) is 1. The highest BCUT2D eigenvalue weighted by atomic mass is 16.4. The quantitative estimate of drug-likeness (QED) is 0.772. The van der Waals surface area contributed by atoms with Crippen molar-refractivity contribution in [2.75, 3.05) is 13.1 Å². The molecule has 4 atom stereocenters. The molecule has 0 spiro atoms. The first kappa shape index (κ1) is 20.1. The van der Waals surface area contributed by atoms with Gasteiger partial charge in [-0.25, -0.2) is 4.79 Å². The number of amides is 2. The van der Waals surface area contributed by atoms with Gasteiger partial charge in [-0.2, -0.15) is 0 Å². The van der Waals surface area contributed by atoms with Crippen LogP contribution in [-0.4, -0.2) is 46.9 Å². The Morgan fingerprint density at radius 1 is 1.00 bits per heavy atom. The molecule has 0 bridgehead atoms. The molecule has 2 N–H and O–H groups in total. The molecular formula is C24H26N2O4. The number of hydrogen-bond acceptors (Lipinski definition) is 3. The number of aromatic carboxylic acids is 1. The molecule has 2 aromatic rings. The SMILES string of the molecule is CC[C@@H]1CN(C(=O)c2ccc(C(=O)O)cc2)C[C@H]1C(=O)N[C@H]1C[C@@H]1c1ccccc1. The minimum atomic E-state index is -1.02. The summed E-state index contributed by atoms with van der Waals surface area (Å²) < 4.78 is 0. The Bertz CT molecular complexity index is 941. The fourth-order valence-corrected chi connectivity index (χ4v) is 4.40. The number of carboxylic acids is 1. The number of nitrogens with zero attached hydrogens (tertiary/aromatic N) is 1. The molecule has 4 rings (SSSR count). The van der Waals surface area contributed by atoms with Crippen LogP contribution in [0.4, 0.5) is 0 Å². The van der Waals surface area contributed by atoms with Gasteiger partial charge in [-0.1, -0.05) is 43.7 Å². The molecule has 6 nitrogen and oxygen atoms in total. The summed E-state index contributed by atoms with van der Waals surface area (Å²) in [6.07, 6.45) is 1.78. The van der Waals surface area contributed by atoms with Crippen LogP contribution in [0.25, 0.3) is 0 Å². The molecule has 1 heterocycles. The third kappa shape index (κ3) is 4.08. The second-order valence-corrected chi connectivity index (χ2v) is 8.24. The number of nitrogens with one attached hydrogen (secondary N) is 1. The van der Waals surface area contributed by atoms with Gasteiger partial charge >= 0.3 is 5.97 Å². The maximum Gasteiger partial charge on any atom is 0.335 e. The molecule has 2 aliphatic rings. The zero-order valence-corrected chi connectivity index (χ0v) is 17.0. The van der Waals surface area contributed by atoms with E-state index in [1.165, 1.54) is 29.8 Å². The predicted octanol–water partition coefficient (Wildman–Crippen LogP) is 3.16. The number of carbonyl (C=O) groups is 3. The van der Waals surface area contributed by atoms with Crippen molar-refractivity contribution < 1.29 is 19.5 Å². The number of carboxylic acid groups (broad SMARTS) is 1. The summed E-state index contributed by atoms with van der Waals surface area (Å²) in [4.78, 5) is 38.6. The zero-order chi connectivity index (χ0) is 21.3. The molecular weight excluding hydrogens is 380 g/mol. The maximum absolute atomic E-state index is 13.0. The standard InChI is InChI=1S/C24H26N2O4/c1-2-15-13-26(23(28)17-8-10-18(11-9-17)24(29)30)14-20(15)22(27)25-21-12-19(21)16-6-4-3-5-7-16/h3-11,15,19-21H,2,12-14H2,1H3,(H,25,27)(H,29,30)/t15-,19-,20-,21+/m1/s1. The van der Waals surface area contributed by atoms with Crippen LogP contribution < -0.4 is 5.32 Å². The first-order valence-corrected chi connectivity index (χ1v) is 10.5. The summed E-state index contributed by atoms with van der Waals surface area (Å²) in [5, 5.41) is 12.2. The molecule has 0 radical (unpaired) electrons. The lowest BCUT2D eigenvalue weighted by atomic mass is 9.93. The number of hydrogen-bond donors (Lipinski definition) is 2. The smallest absolute Gasteiger partial charge is 0.335 e. The molecule has 2 amide bonds. The molecule has 2 fully saturated rings. The Kier molecular flexibility index (Phi) is 5.57. The van der Waals surface area contributed by atoms with E-state index in [1.54, 1.807) is 4.90 Å². The molecule has 0 unspecified atom stereocenters. The lowest BCUT2D eigenvalue weighted by Crippen LogP contribution is -2.37. The van der Waals surface area contributed by atoms with E-state index in [4.69, 9.17) is 5.11 Å². The highest BCUT2D eigenvalue weighted by Crippen LogP contribution is 2.41. The second kappa shape index (κ2) is 8.30. The molecule has 1 saturated heterocycles. The topological polar surface area (TPSA) is 86.7 Å². The first-order chi connectivity index (χ1) is 14.5. The molecule has 156 valence electrons. The van der Waals surface area contributed by atoms with Crippen LogP contribution in [0.1, 0.15) is 52.0 Å². The van der Waals surface area contributed by atoms with E-state index in [0.717, 1.165) is 12.8 Å². The molecule has 1 aliphatic carbocycles. The first-order valence-electron chi connectivity index (χ1n) is 10.5. The van der Waals surface area contributed by atoms with Crippen molar-refractivity contribution in [3.05, 3.63) is 71.3 Å². The fourth-order valence-electron chi connectivity index (χ4n) is 4.40. The van der Waals surface area contributed by atoms with Crippen molar-refractivity contribution in [1.82, 2.24) is 10.2 Å². The van der Waals surface area contributed by atoms with Gasteiger partial charge in [0.25, 0.3) is 5.91 Å². The molecule has 1 aliphatic heterocycles. The molecule has 6 heteroatoms. The van der Waals surface area contributed by atoms with Crippen molar-refractivity contribution in [2.24, 2.45) is 11.8 Å². The van der Waals surface area contributed by atoms with Crippen molar-refractivity contribution in [2.45, 2.75) is 31.7 Å². The predicted molar refractivity (Wildman–Crippen MR) is 112 cm³/mol. The van der Waals surface area contributed by atoms with E-state index in [1.807, 2.05) is 25.1 Å². The minimum absolute atomic E-state index is 0.0295. The van der Waals surface area contributed by atoms with Gasteiger partial charge in [0, 0.05) is 30.6 Å². The van der Waals surface area contributed by atoms with Crippen LogP contribution >= 0.6 is 0 Å². The number of carbonyl (C=O) groups excluding carboxylic acids is 2. The molecule has 2 aromatic carbocycles. The average Bonchev–Trinajstić information content (AvgIpc) is 3.39. The van der Waals surface area contributed by atoms with Gasteiger partial charge < -0.3 is 15.3 Å². The Morgan fingerprint density at radius 2 is 1.67 bits per heavy atom. The van der Waals surface area contributed by atoms with Gasteiger partial charge in [-0.3, -0.25) is 9.59 Å². The van der Waals surface area contributed by atoms with Crippen LogP contribution in [-0.2, 0) is 4.79 Å². The summed E-state index contributed by atoms with van der Waals surface area (Å²) in [6.45, 7) is 2.98. The minimum Gasteiger partial charge on any atom is -0.478 e. The largest absolute Gasteiger partial charge is 0.478 e. The molecule has 0 aromatic heterocycles. The van der Waals surface area contributed by atoms with Gasteiger partial charge in [0.15, 0.2) is 0 Å². The second-order valence-electron chi connectivity index (χ2n) is 8.24. The number of rotatable bonds is 6. The van der Waals surface area contributed by atoms with Crippen LogP contribution in [0.5, 0.6) is 0 Å². The van der Waals surface area contributed by atoms with Crippen molar-refractivity contribution in [1.29, 1.82) is 0 Å². The third-order valence-electron chi connectivity index (χ3n) is 6.31. The van der Waals surface area contributed by atoms with E-state index >= 15 is 0 Å². The Hall–Kier alpha value is -3.15. The summed E-state index contributed by atoms with van der Waals surface area (Å²) in [5.41, 5.74) is 1.85. The van der Waals surface area contributed by atoms with Crippen molar-refractivity contribution >= 4 is 17.8 Å². The summed E-state index contributed by atoms with van der Waals surface area (Å²) in [7, 11) is 0. The Balaban J connectivity index is 1.38. The van der Waals surface area contributed by atoms with E-state index < -0.39 is 5.97 Å². The highest BCUT2D eigenvalue weighted by molar-refractivity contribution is 5.96. The molecule has 30 heavy (non-hydrogen) atoms. The van der Waals surface area contributed by atoms with Crippen LogP contribution in [0.15, 0.2) is 54.6 Å². The summed E-state index contributed by atoms with van der Waals surface area (Å²) in [5.74, 6) is -0.861. The Morgan fingerprint density at radius 3 is 2.30 bits per heavy atom. The lowest BCUT2D eigenvalue weighted by Gasteiger charge is -2.17. The molecule has 1 saturated carbocycles. The van der Waals surface area contributed by atoms with Gasteiger partial charge in [0.2, 0.25) is 5.91 Å². The third-order valence-corrected chi connectivity index (χ3v) is 6.31. The van der Waals surface area contributed by atoms with E-state index in [-0.39, 0.29) is 35.3 Å². The zero-order valence-electron chi connectivity index (χ0n) is 17.0. The number of benzene rings is 2. The highest BCUT2D eigenvalue weighted by Gasteiger charge is 2.44. The van der Waals surface area contributed by atoms with E-state index in [9.17, 15) is 14.4 Å². The van der Waals surface area contributed by atoms with Crippen molar-refractivity contribution in [3.63, 3.8) is 0 Å². The maximum atomic E-state index is 13.0. The fraction of sp³-hybridized carbons (Fsp3) is 0.375. The van der Waals surface area contributed by atoms with Gasteiger partial charge in [-0.05, 0) is 42.2 Å². The normalized spacial score (nSPS) is 25.0. The van der Waals surface area contributed by atoms with Gasteiger partial charge in [0.1, 0.15) is 0 Å². The van der Waals surface area contributed by atoms with Crippen LogP contribution in [0.3, 0.4) is 0 Å². The van der Waals surface area contributed by atoms with Crippen molar-refractivity contribution in [3.8, 4) is 0 Å². The van der Waals surface area contributed by atoms with E-state index in [2.05, 4.69) is 17.4 Å². The van der Waals surface area contributed by atoms with E-state index in [0.29, 0.717) is 24.6 Å². The van der Waals surface area contributed by atoms with Crippen LogP contribution in [0.2, 0.25) is 0 Å². The van der Waals surface area contributed by atoms with Crippen LogP contribution in [0, 0.1) is 11.8 Å².